The van der Waals surface area contributed by atoms with Crippen molar-refractivity contribution in [2.24, 2.45) is 0 Å². The normalized spacial score (nSPS) is 16.6. The Balaban J connectivity index is 3.76. The van der Waals surface area contributed by atoms with Crippen LogP contribution < -0.4 is 0 Å². The van der Waals surface area contributed by atoms with Gasteiger partial charge in [-0.15, -0.1) is 0 Å². The van der Waals surface area contributed by atoms with Crippen LogP contribution in [0.25, 0.3) is 0 Å². The maximum absolute atomic E-state index is 10.3. The first kappa shape index (κ1) is 7.93. The van der Waals surface area contributed by atoms with Gasteiger partial charge >= 0.3 is 0 Å². The van der Waals surface area contributed by atoms with Crippen LogP contribution in [0.3, 0.4) is 0 Å². The molecule has 0 aliphatic rings. The van der Waals surface area contributed by atoms with Gasteiger partial charge in [0.1, 0.15) is 15.3 Å². The lowest BCUT2D eigenvalue weighted by molar-refractivity contribution is 0.685. The van der Waals surface area contributed by atoms with E-state index in [0.717, 1.165) is 0 Å². The summed E-state index contributed by atoms with van der Waals surface area (Å²) >= 11 is 0. The molecule has 0 rings (SSSR count). The molecule has 0 bridgehead atoms. The molecule has 4 heteroatoms. The molecule has 0 heterocycles. The monoisotopic (exact) mass is 151 g/mol. The molecule has 0 saturated heterocycles. The molecule has 0 aromatic carbocycles. The first-order chi connectivity index (χ1) is 3.72. The Hall–Kier alpha value is -0.0700. The smallest absolute Gasteiger partial charge is 0.136 e. The Morgan fingerprint density at radius 2 is 2.50 bits per heavy atom. The number of nitrogens with zero attached hydrogens (tertiary/aromatic N) is 1. The van der Waals surface area contributed by atoms with Crippen molar-refractivity contribution in [3.63, 3.8) is 0 Å². The largest absolute Gasteiger partial charge is 0.241 e. The molecule has 46 valence electrons. The Morgan fingerprint density at radius 1 is 2.00 bits per heavy atom. The van der Waals surface area contributed by atoms with E-state index in [2.05, 4.69) is 0 Å². The SMILES string of the molecule is CCC(C#N)S(=O)Cl. The molecular weight excluding hydrogens is 146 g/mol. The van der Waals surface area contributed by atoms with Crippen molar-refractivity contribution in [2.75, 3.05) is 0 Å². The van der Waals surface area contributed by atoms with Gasteiger partial charge in [0.05, 0.1) is 6.07 Å². The van der Waals surface area contributed by atoms with Crippen LogP contribution in [-0.4, -0.2) is 9.46 Å². The number of nitriles is 1. The highest BCUT2D eigenvalue weighted by molar-refractivity contribution is 8.09. The quantitative estimate of drug-likeness (QED) is 0.557. The Labute approximate surface area is 55.4 Å². The van der Waals surface area contributed by atoms with Gasteiger partial charge in [-0.1, -0.05) is 6.92 Å². The summed E-state index contributed by atoms with van der Waals surface area (Å²) in [6.07, 6.45) is 0.548. The minimum Gasteiger partial charge on any atom is -0.241 e. The van der Waals surface area contributed by atoms with Crippen molar-refractivity contribution in [2.45, 2.75) is 18.6 Å². The average molecular weight is 152 g/mol. The lowest BCUT2D eigenvalue weighted by atomic mass is 10.4. The molecule has 8 heavy (non-hydrogen) atoms. The first-order valence-electron chi connectivity index (χ1n) is 2.18. The zero-order chi connectivity index (χ0) is 6.57. The highest BCUT2D eigenvalue weighted by atomic mass is 35.7. The molecular formula is C4H6ClNOS. The van der Waals surface area contributed by atoms with Crippen molar-refractivity contribution < 1.29 is 4.21 Å². The molecule has 2 atom stereocenters. The summed E-state index contributed by atoms with van der Waals surface area (Å²) in [4.78, 5) is 0. The lowest BCUT2D eigenvalue weighted by Crippen LogP contribution is -2.04. The van der Waals surface area contributed by atoms with E-state index in [1.807, 2.05) is 6.07 Å². The second-order valence-corrected chi connectivity index (χ2v) is 3.25. The van der Waals surface area contributed by atoms with E-state index >= 15 is 0 Å². The van der Waals surface area contributed by atoms with Gasteiger partial charge in [-0.25, -0.2) is 4.21 Å². The van der Waals surface area contributed by atoms with Crippen molar-refractivity contribution in [1.29, 1.82) is 5.26 Å². The van der Waals surface area contributed by atoms with E-state index in [1.54, 1.807) is 6.92 Å². The average Bonchev–Trinajstić information content (AvgIpc) is 1.69. The van der Waals surface area contributed by atoms with Crippen LogP contribution in [0.2, 0.25) is 0 Å². The highest BCUT2D eigenvalue weighted by Crippen LogP contribution is 2.02. The van der Waals surface area contributed by atoms with Crippen LogP contribution in [-0.2, 0) is 10.0 Å². The van der Waals surface area contributed by atoms with Gasteiger partial charge < -0.3 is 0 Å². The highest BCUT2D eigenvalue weighted by Gasteiger charge is 2.08. The zero-order valence-electron chi connectivity index (χ0n) is 4.43. The second-order valence-electron chi connectivity index (χ2n) is 1.27. The minimum absolute atomic E-state index is 0.503. The van der Waals surface area contributed by atoms with E-state index in [0.29, 0.717) is 6.42 Å². The molecule has 0 radical (unpaired) electrons. The predicted molar refractivity (Wildman–Crippen MR) is 33.7 cm³/mol. The van der Waals surface area contributed by atoms with E-state index in [1.165, 1.54) is 0 Å². The summed E-state index contributed by atoms with van der Waals surface area (Å²) in [6, 6.07) is 1.82. The fraction of sp³-hybridized carbons (Fsp3) is 0.750. The van der Waals surface area contributed by atoms with E-state index < -0.39 is 15.3 Å². The van der Waals surface area contributed by atoms with Gasteiger partial charge in [-0.3, -0.25) is 0 Å². The lowest BCUT2D eigenvalue weighted by Gasteiger charge is -1.94. The zero-order valence-corrected chi connectivity index (χ0v) is 6.00. The number of rotatable bonds is 2. The predicted octanol–water partition coefficient (Wildman–Crippen LogP) is 1.19. The fourth-order valence-electron chi connectivity index (χ4n) is 0.264. The van der Waals surface area contributed by atoms with Crippen LogP contribution in [0.15, 0.2) is 0 Å². The topological polar surface area (TPSA) is 40.9 Å². The number of halogens is 1. The first-order valence-corrected chi connectivity index (χ1v) is 4.22. The second kappa shape index (κ2) is 3.88. The molecule has 0 saturated carbocycles. The van der Waals surface area contributed by atoms with Crippen LogP contribution >= 0.6 is 10.7 Å². The van der Waals surface area contributed by atoms with Gasteiger partial charge in [-0.2, -0.15) is 5.26 Å². The summed E-state index contributed by atoms with van der Waals surface area (Å²) in [7, 11) is 3.60. The third kappa shape index (κ3) is 2.29. The summed E-state index contributed by atoms with van der Waals surface area (Å²) in [5.74, 6) is 0. The molecule has 0 amide bonds. The summed E-state index contributed by atoms with van der Waals surface area (Å²) in [5, 5.41) is 7.67. The Morgan fingerprint density at radius 3 is 2.50 bits per heavy atom. The van der Waals surface area contributed by atoms with Gasteiger partial charge in [0.25, 0.3) is 0 Å². The fourth-order valence-corrected chi connectivity index (χ4v) is 1.11. The van der Waals surface area contributed by atoms with Crippen molar-refractivity contribution >= 4 is 20.7 Å². The van der Waals surface area contributed by atoms with Gasteiger partial charge in [0.15, 0.2) is 0 Å². The molecule has 0 aromatic heterocycles. The summed E-state index contributed by atoms with van der Waals surface area (Å²) in [5.41, 5.74) is 0. The molecule has 0 N–H and O–H groups in total. The Kier molecular flexibility index (Phi) is 3.84. The van der Waals surface area contributed by atoms with Crippen LogP contribution in [0.4, 0.5) is 0 Å². The van der Waals surface area contributed by atoms with Crippen LogP contribution in [0.5, 0.6) is 0 Å². The van der Waals surface area contributed by atoms with Crippen LogP contribution in [0.1, 0.15) is 13.3 Å². The maximum atomic E-state index is 10.3. The Bertz CT molecular complexity index is 130. The van der Waals surface area contributed by atoms with Crippen molar-refractivity contribution in [3.05, 3.63) is 0 Å². The van der Waals surface area contributed by atoms with E-state index in [-0.39, 0.29) is 0 Å². The maximum Gasteiger partial charge on any atom is 0.136 e. The van der Waals surface area contributed by atoms with Crippen molar-refractivity contribution in [3.8, 4) is 6.07 Å². The summed E-state index contributed by atoms with van der Waals surface area (Å²) < 4.78 is 10.3. The molecule has 0 aliphatic carbocycles. The van der Waals surface area contributed by atoms with Gasteiger partial charge in [-0.05, 0) is 17.1 Å². The van der Waals surface area contributed by atoms with Gasteiger partial charge in [0.2, 0.25) is 0 Å². The van der Waals surface area contributed by atoms with Gasteiger partial charge in [0, 0.05) is 0 Å². The third-order valence-electron chi connectivity index (χ3n) is 0.738. The minimum atomic E-state index is -1.49. The number of hydrogen-bond acceptors (Lipinski definition) is 2. The third-order valence-corrected chi connectivity index (χ3v) is 2.27. The molecule has 2 unspecified atom stereocenters. The summed E-state index contributed by atoms with van der Waals surface area (Å²) in [6.45, 7) is 1.77. The molecule has 0 aliphatic heterocycles. The molecule has 0 fully saturated rings. The van der Waals surface area contributed by atoms with Crippen molar-refractivity contribution in [1.82, 2.24) is 0 Å². The molecule has 0 aromatic rings. The molecule has 0 spiro atoms. The number of hydrogen-bond donors (Lipinski definition) is 0. The molecule has 2 nitrogen and oxygen atoms in total. The standard InChI is InChI=1S/C4H6ClNOS/c1-2-4(3-6)8(5)7/h4H,2H2,1H3. The van der Waals surface area contributed by atoms with E-state index in [4.69, 9.17) is 15.9 Å². The van der Waals surface area contributed by atoms with Crippen LogP contribution in [0, 0.1) is 11.3 Å². The van der Waals surface area contributed by atoms with E-state index in [9.17, 15) is 4.21 Å².